The molecule has 0 aliphatic carbocycles. The van der Waals surface area contributed by atoms with Crippen molar-refractivity contribution in [1.29, 1.82) is 0 Å². The number of pyridine rings is 1. The van der Waals surface area contributed by atoms with Gasteiger partial charge in [-0.2, -0.15) is 0 Å². The van der Waals surface area contributed by atoms with E-state index in [9.17, 15) is 0 Å². The highest BCUT2D eigenvalue weighted by atomic mass is 16.4. The van der Waals surface area contributed by atoms with E-state index in [1.807, 2.05) is 12.1 Å². The lowest BCUT2D eigenvalue weighted by Gasteiger charge is -2.31. The zero-order valence-corrected chi connectivity index (χ0v) is 12.0. The van der Waals surface area contributed by atoms with Gasteiger partial charge in [0.15, 0.2) is 5.84 Å². The molecule has 0 radical (unpaired) electrons. The fraction of sp³-hybridized carbons (Fsp3) is 0.571. The quantitative estimate of drug-likeness (QED) is 0.343. The third kappa shape index (κ3) is 3.84. The molecule has 1 aromatic heterocycles. The predicted octanol–water partition coefficient (Wildman–Crippen LogP) is 2.58. The fourth-order valence-corrected chi connectivity index (χ4v) is 2.00. The van der Waals surface area contributed by atoms with Crippen molar-refractivity contribution in [3.8, 4) is 0 Å². The first-order chi connectivity index (χ1) is 9.15. The Morgan fingerprint density at radius 2 is 2.26 bits per heavy atom. The lowest BCUT2D eigenvalue weighted by Crippen LogP contribution is -2.35. The van der Waals surface area contributed by atoms with Crippen LogP contribution in [0, 0.1) is 0 Å². The number of nitrogens with zero attached hydrogens (tertiary/aromatic N) is 3. The fourth-order valence-electron chi connectivity index (χ4n) is 2.00. The van der Waals surface area contributed by atoms with E-state index in [-0.39, 0.29) is 5.84 Å². The third-order valence-corrected chi connectivity index (χ3v) is 3.32. The number of hydrogen-bond acceptors (Lipinski definition) is 4. The Bertz CT molecular complexity index is 420. The number of aromatic nitrogens is 1. The number of unbranched alkanes of at least 4 members (excludes halogenated alkanes) is 1. The molecule has 0 fully saturated rings. The summed E-state index contributed by atoms with van der Waals surface area (Å²) in [6, 6.07) is 4.24. The largest absolute Gasteiger partial charge is 0.409 e. The van der Waals surface area contributed by atoms with Gasteiger partial charge in [-0.3, -0.25) is 4.98 Å². The standard InChI is InChI=1S/C14H24N4O/c1-4-6-10-18(11(3)5-2)12-8-7-9-16-13(12)14(15)17-19/h7-9,11,19H,4-6,10H2,1-3H3,(H2,15,17). The van der Waals surface area contributed by atoms with Crippen molar-refractivity contribution in [3.63, 3.8) is 0 Å². The Balaban J connectivity index is 3.14. The molecule has 0 aliphatic heterocycles. The summed E-state index contributed by atoms with van der Waals surface area (Å²) in [7, 11) is 0. The van der Waals surface area contributed by atoms with Crippen LogP contribution < -0.4 is 10.6 Å². The van der Waals surface area contributed by atoms with Crippen LogP contribution in [0.2, 0.25) is 0 Å². The second kappa shape index (κ2) is 7.61. The topological polar surface area (TPSA) is 74.7 Å². The van der Waals surface area contributed by atoms with Gasteiger partial charge in [0.1, 0.15) is 5.69 Å². The molecule has 0 bridgehead atoms. The molecule has 0 aliphatic rings. The van der Waals surface area contributed by atoms with Gasteiger partial charge in [-0.15, -0.1) is 0 Å². The lowest BCUT2D eigenvalue weighted by atomic mass is 10.1. The van der Waals surface area contributed by atoms with Crippen LogP contribution >= 0.6 is 0 Å². The van der Waals surface area contributed by atoms with Crippen molar-refractivity contribution in [1.82, 2.24) is 4.98 Å². The summed E-state index contributed by atoms with van der Waals surface area (Å²) in [5.41, 5.74) is 7.19. The van der Waals surface area contributed by atoms with Gasteiger partial charge in [-0.05, 0) is 31.9 Å². The van der Waals surface area contributed by atoms with Crippen LogP contribution in [0.25, 0.3) is 0 Å². The van der Waals surface area contributed by atoms with Crippen LogP contribution in [0.4, 0.5) is 5.69 Å². The molecule has 1 unspecified atom stereocenters. The molecule has 1 atom stereocenters. The van der Waals surface area contributed by atoms with E-state index < -0.39 is 0 Å². The zero-order chi connectivity index (χ0) is 14.3. The Morgan fingerprint density at radius 1 is 1.53 bits per heavy atom. The average molecular weight is 264 g/mol. The van der Waals surface area contributed by atoms with E-state index >= 15 is 0 Å². The maximum Gasteiger partial charge on any atom is 0.190 e. The minimum absolute atomic E-state index is 0.0559. The predicted molar refractivity (Wildman–Crippen MR) is 78.8 cm³/mol. The summed E-state index contributed by atoms with van der Waals surface area (Å²) >= 11 is 0. The second-order valence-corrected chi connectivity index (χ2v) is 4.66. The number of hydrogen-bond donors (Lipinski definition) is 2. The molecule has 0 spiro atoms. The summed E-state index contributed by atoms with van der Waals surface area (Å²) < 4.78 is 0. The van der Waals surface area contributed by atoms with Crippen LogP contribution in [-0.2, 0) is 0 Å². The van der Waals surface area contributed by atoms with Gasteiger partial charge in [0, 0.05) is 18.8 Å². The molecule has 5 nitrogen and oxygen atoms in total. The summed E-state index contributed by atoms with van der Waals surface area (Å²) in [4.78, 5) is 6.52. The summed E-state index contributed by atoms with van der Waals surface area (Å²) in [5.74, 6) is 0.0559. The molecule has 1 heterocycles. The molecular formula is C14H24N4O. The van der Waals surface area contributed by atoms with Crippen molar-refractivity contribution < 1.29 is 5.21 Å². The molecule has 1 aromatic rings. The molecule has 106 valence electrons. The first-order valence-corrected chi connectivity index (χ1v) is 6.85. The van der Waals surface area contributed by atoms with E-state index in [4.69, 9.17) is 10.9 Å². The van der Waals surface area contributed by atoms with E-state index in [1.54, 1.807) is 6.20 Å². The molecule has 0 amide bonds. The SMILES string of the molecule is CCCCN(c1cccnc1/C(N)=N/O)C(C)CC. The van der Waals surface area contributed by atoms with Gasteiger partial charge >= 0.3 is 0 Å². The Hall–Kier alpha value is -1.78. The van der Waals surface area contributed by atoms with Gasteiger partial charge in [0.05, 0.1) is 5.69 Å². The lowest BCUT2D eigenvalue weighted by molar-refractivity contribution is 0.318. The monoisotopic (exact) mass is 264 g/mol. The Kier molecular flexibility index (Phi) is 6.12. The van der Waals surface area contributed by atoms with E-state index in [0.717, 1.165) is 31.5 Å². The zero-order valence-electron chi connectivity index (χ0n) is 12.0. The molecular weight excluding hydrogens is 240 g/mol. The second-order valence-electron chi connectivity index (χ2n) is 4.66. The highest BCUT2D eigenvalue weighted by molar-refractivity contribution is 6.00. The first kappa shape index (κ1) is 15.3. The third-order valence-electron chi connectivity index (χ3n) is 3.32. The molecule has 19 heavy (non-hydrogen) atoms. The van der Waals surface area contributed by atoms with Gasteiger partial charge < -0.3 is 15.8 Å². The Labute approximate surface area is 115 Å². The maximum absolute atomic E-state index is 8.87. The van der Waals surface area contributed by atoms with Crippen molar-refractivity contribution in [2.75, 3.05) is 11.4 Å². The smallest absolute Gasteiger partial charge is 0.190 e. The number of nitrogens with two attached hydrogens (primary N) is 1. The van der Waals surface area contributed by atoms with Gasteiger partial charge in [-0.1, -0.05) is 25.4 Å². The van der Waals surface area contributed by atoms with Crippen molar-refractivity contribution >= 4 is 11.5 Å². The minimum Gasteiger partial charge on any atom is -0.409 e. The first-order valence-electron chi connectivity index (χ1n) is 6.85. The van der Waals surface area contributed by atoms with Gasteiger partial charge in [0.2, 0.25) is 0 Å². The number of anilines is 1. The normalized spacial score (nSPS) is 13.3. The molecule has 5 heteroatoms. The van der Waals surface area contributed by atoms with Crippen molar-refractivity contribution in [2.45, 2.75) is 46.1 Å². The molecule has 1 rings (SSSR count). The molecule has 0 aromatic carbocycles. The molecule has 3 N–H and O–H groups in total. The van der Waals surface area contributed by atoms with Gasteiger partial charge in [0.25, 0.3) is 0 Å². The van der Waals surface area contributed by atoms with Crippen molar-refractivity contribution in [3.05, 3.63) is 24.0 Å². The maximum atomic E-state index is 8.87. The van der Waals surface area contributed by atoms with Crippen LogP contribution in [0.1, 0.15) is 45.7 Å². The summed E-state index contributed by atoms with van der Waals surface area (Å²) in [6.45, 7) is 7.45. The Morgan fingerprint density at radius 3 is 2.84 bits per heavy atom. The van der Waals surface area contributed by atoms with Crippen LogP contribution in [0.15, 0.2) is 23.5 Å². The number of rotatable bonds is 7. The number of oxime groups is 1. The van der Waals surface area contributed by atoms with Crippen LogP contribution in [0.5, 0.6) is 0 Å². The number of amidine groups is 1. The van der Waals surface area contributed by atoms with Crippen molar-refractivity contribution in [2.24, 2.45) is 10.9 Å². The van der Waals surface area contributed by atoms with Crippen LogP contribution in [0.3, 0.4) is 0 Å². The van der Waals surface area contributed by atoms with E-state index in [1.165, 1.54) is 0 Å². The summed E-state index contributed by atoms with van der Waals surface area (Å²) in [6.07, 6.45) is 4.93. The minimum atomic E-state index is 0.0559. The van der Waals surface area contributed by atoms with Crippen LogP contribution in [-0.4, -0.2) is 28.6 Å². The van der Waals surface area contributed by atoms with E-state index in [0.29, 0.717) is 11.7 Å². The van der Waals surface area contributed by atoms with E-state index in [2.05, 4.69) is 35.8 Å². The molecule has 0 saturated carbocycles. The summed E-state index contributed by atoms with van der Waals surface area (Å²) in [5, 5.41) is 11.9. The highest BCUT2D eigenvalue weighted by Gasteiger charge is 2.18. The van der Waals surface area contributed by atoms with Gasteiger partial charge in [-0.25, -0.2) is 0 Å². The highest BCUT2D eigenvalue weighted by Crippen LogP contribution is 2.22. The molecule has 0 saturated heterocycles. The average Bonchev–Trinajstić information content (AvgIpc) is 2.46.